The van der Waals surface area contributed by atoms with Crippen LogP contribution in [0.3, 0.4) is 0 Å². The predicted octanol–water partition coefficient (Wildman–Crippen LogP) is 13.3. The number of carbonyl (C=O) groups excluding carboxylic acids is 1. The molecule has 0 amide bonds. The summed E-state index contributed by atoms with van der Waals surface area (Å²) < 4.78 is 2.60. The molecule has 0 aliphatic carbocycles. The summed E-state index contributed by atoms with van der Waals surface area (Å²) in [6.45, 7) is 21.9. The third-order valence-corrected chi connectivity index (χ3v) is 11.7. The Labute approximate surface area is 313 Å². The van der Waals surface area contributed by atoms with Gasteiger partial charge in [0, 0.05) is 59.3 Å². The Morgan fingerprint density at radius 3 is 2.06 bits per heavy atom. The van der Waals surface area contributed by atoms with Crippen LogP contribution in [0.25, 0.3) is 42.2 Å². The molecule has 0 fully saturated rings. The van der Waals surface area contributed by atoms with Crippen LogP contribution in [0.2, 0.25) is 0 Å². The number of hydrogen-bond acceptors (Lipinski definition) is 4. The van der Waals surface area contributed by atoms with Crippen LogP contribution in [0.15, 0.2) is 72.6 Å². The van der Waals surface area contributed by atoms with Crippen molar-refractivity contribution in [2.75, 3.05) is 0 Å². The number of allylic oxidation sites excluding steroid dienone is 2. The Morgan fingerprint density at radius 2 is 1.47 bits per heavy atom. The molecule has 3 nitrogen and oxygen atoms in total. The minimum atomic E-state index is 0. The number of rotatable bonds is 11. The van der Waals surface area contributed by atoms with Crippen molar-refractivity contribution in [1.82, 2.24) is 4.98 Å². The topological polar surface area (TPSA) is 50.2 Å². The molecule has 1 radical (unpaired) electrons. The zero-order valence-electron chi connectivity index (χ0n) is 31.3. The van der Waals surface area contributed by atoms with Gasteiger partial charge in [0.15, 0.2) is 5.78 Å². The summed E-state index contributed by atoms with van der Waals surface area (Å²) >= 11 is 1.87. The number of thiophene rings is 1. The summed E-state index contributed by atoms with van der Waals surface area (Å²) in [7, 11) is 0. The van der Waals surface area contributed by atoms with Crippen LogP contribution in [0.4, 0.5) is 0 Å². The number of benzene rings is 3. The number of fused-ring (bicyclic) bond motifs is 4. The summed E-state index contributed by atoms with van der Waals surface area (Å²) in [4.78, 5) is 16.6. The van der Waals surface area contributed by atoms with Crippen molar-refractivity contribution in [3.05, 3.63) is 89.8 Å². The van der Waals surface area contributed by atoms with E-state index in [4.69, 9.17) is 4.98 Å². The third-order valence-electron chi connectivity index (χ3n) is 10.6. The second kappa shape index (κ2) is 17.4. The van der Waals surface area contributed by atoms with Gasteiger partial charge >= 0.3 is 0 Å². The molecule has 5 heteroatoms. The minimum absolute atomic E-state index is 0. The van der Waals surface area contributed by atoms with Gasteiger partial charge in [-0.3, -0.25) is 9.78 Å². The SMILES string of the molecule is CCC(C)(CC)c1ccc2c(c1)sc1c(-c3[c-]c4ccccc4c(C(C)(C)C)c3)nccc12.CCC(CC)C(=O)/C=C(\O)C(CC)CC.[Ir]. The first-order valence-electron chi connectivity index (χ1n) is 18.1. The number of nitrogens with zero attached hydrogens (tertiary/aromatic N) is 1. The maximum atomic E-state index is 11.7. The van der Waals surface area contributed by atoms with Crippen molar-refractivity contribution >= 4 is 48.1 Å². The zero-order chi connectivity index (χ0) is 35.2. The molecule has 0 unspecified atom stereocenters. The first-order valence-corrected chi connectivity index (χ1v) is 18.9. The number of hydrogen-bond donors (Lipinski definition) is 1. The van der Waals surface area contributed by atoms with Crippen molar-refractivity contribution in [2.45, 2.75) is 119 Å². The second-order valence-electron chi connectivity index (χ2n) is 14.5. The summed E-state index contributed by atoms with van der Waals surface area (Å²) in [5, 5.41) is 14.8. The fraction of sp³-hybridized carbons (Fsp3) is 0.455. The molecule has 1 N–H and O–H groups in total. The van der Waals surface area contributed by atoms with E-state index >= 15 is 0 Å². The Balaban J connectivity index is 0.000000347. The van der Waals surface area contributed by atoms with Crippen LogP contribution in [-0.2, 0) is 35.7 Å². The molecule has 3 aromatic carbocycles. The van der Waals surface area contributed by atoms with E-state index in [0.29, 0.717) is 0 Å². The average molecular weight is 855 g/mol. The fourth-order valence-corrected chi connectivity index (χ4v) is 7.93. The summed E-state index contributed by atoms with van der Waals surface area (Å²) in [6, 6.07) is 23.8. The molecule has 5 aromatic rings. The van der Waals surface area contributed by atoms with Crippen LogP contribution in [-0.4, -0.2) is 15.9 Å². The van der Waals surface area contributed by atoms with Crippen molar-refractivity contribution < 1.29 is 30.0 Å². The van der Waals surface area contributed by atoms with E-state index in [1.807, 2.05) is 45.2 Å². The van der Waals surface area contributed by atoms with Crippen molar-refractivity contribution in [3.63, 3.8) is 0 Å². The van der Waals surface area contributed by atoms with Gasteiger partial charge in [0.25, 0.3) is 0 Å². The number of aliphatic hydroxyl groups excluding tert-OH is 1. The number of aliphatic hydroxyl groups is 1. The predicted molar refractivity (Wildman–Crippen MR) is 209 cm³/mol. The van der Waals surface area contributed by atoms with E-state index in [1.165, 1.54) is 42.8 Å². The molecule has 0 spiro atoms. The molecule has 0 aliphatic heterocycles. The van der Waals surface area contributed by atoms with E-state index in [0.717, 1.165) is 55.2 Å². The molecule has 49 heavy (non-hydrogen) atoms. The monoisotopic (exact) mass is 855 g/mol. The van der Waals surface area contributed by atoms with Crippen LogP contribution in [0.1, 0.15) is 119 Å². The van der Waals surface area contributed by atoms with Crippen LogP contribution in [0, 0.1) is 17.9 Å². The Morgan fingerprint density at radius 1 is 0.837 bits per heavy atom. The second-order valence-corrected chi connectivity index (χ2v) is 15.6. The van der Waals surface area contributed by atoms with E-state index in [9.17, 15) is 9.90 Å². The van der Waals surface area contributed by atoms with Gasteiger partial charge in [0.1, 0.15) is 0 Å². The summed E-state index contributed by atoms with van der Waals surface area (Å²) in [6.07, 6.45) is 9.16. The van der Waals surface area contributed by atoms with Gasteiger partial charge in [-0.25, -0.2) is 0 Å². The molecule has 265 valence electrons. The first-order chi connectivity index (χ1) is 22.8. The molecule has 2 heterocycles. The molecule has 5 rings (SSSR count). The number of ketones is 1. The molecular weight excluding hydrogens is 799 g/mol. The van der Waals surface area contributed by atoms with Crippen LogP contribution < -0.4 is 0 Å². The van der Waals surface area contributed by atoms with E-state index < -0.39 is 0 Å². The number of carbonyl (C=O) groups is 1. The Hall–Kier alpha value is -2.85. The zero-order valence-corrected chi connectivity index (χ0v) is 34.5. The molecule has 0 atom stereocenters. The molecular formula is C44H56IrNO2S-. The molecule has 0 aliphatic rings. The quantitative estimate of drug-likeness (QED) is 0.0818. The summed E-state index contributed by atoms with van der Waals surface area (Å²) in [5.74, 6) is 0.547. The Bertz CT molecular complexity index is 1880. The van der Waals surface area contributed by atoms with Gasteiger partial charge < -0.3 is 5.11 Å². The number of pyridine rings is 1. The van der Waals surface area contributed by atoms with Gasteiger partial charge in [0.2, 0.25) is 0 Å². The van der Waals surface area contributed by atoms with Gasteiger partial charge in [-0.1, -0.05) is 111 Å². The molecule has 0 saturated heterocycles. The van der Waals surface area contributed by atoms with Crippen molar-refractivity contribution in [1.29, 1.82) is 0 Å². The Kier molecular flexibility index (Phi) is 14.4. The maximum absolute atomic E-state index is 11.7. The normalized spacial score (nSPS) is 12.4. The van der Waals surface area contributed by atoms with Gasteiger partial charge in [-0.2, -0.15) is 0 Å². The maximum Gasteiger partial charge on any atom is 0.162 e. The smallest absolute Gasteiger partial charge is 0.162 e. The minimum Gasteiger partial charge on any atom is -0.512 e. The van der Waals surface area contributed by atoms with Gasteiger partial charge in [-0.15, -0.1) is 40.5 Å². The first kappa shape index (κ1) is 40.6. The molecule has 0 bridgehead atoms. The standard InChI is InChI=1S/C31H32NS.C13H24O2.Ir/c1-7-31(6,8-2)22-13-14-24-25-15-16-32-28(29(25)33-27(24)19-22)21-17-20-11-9-10-12-23(20)26(18-21)30(3,4)5;1-5-10(6-2)12(14)9-13(15)11(7-3)8-4;/h9-16,18-19H,7-8H2,1-6H3;9-11,14H,5-8H2,1-4H3;/q-1;;/b;12-9-;. The van der Waals surface area contributed by atoms with Gasteiger partial charge in [0.05, 0.1) is 5.76 Å². The van der Waals surface area contributed by atoms with Crippen molar-refractivity contribution in [3.8, 4) is 11.3 Å². The number of aromatic nitrogens is 1. The van der Waals surface area contributed by atoms with E-state index in [2.05, 4.69) is 102 Å². The molecule has 0 saturated carbocycles. The van der Waals surface area contributed by atoms with E-state index in [1.54, 1.807) is 0 Å². The van der Waals surface area contributed by atoms with Crippen LogP contribution >= 0.6 is 11.3 Å². The average Bonchev–Trinajstić information content (AvgIpc) is 3.46. The summed E-state index contributed by atoms with van der Waals surface area (Å²) in [5.41, 5.74) is 5.17. The molecule has 2 aromatic heterocycles. The van der Waals surface area contributed by atoms with Crippen LogP contribution in [0.5, 0.6) is 0 Å². The third kappa shape index (κ3) is 8.91. The van der Waals surface area contributed by atoms with E-state index in [-0.39, 0.29) is 54.3 Å². The largest absolute Gasteiger partial charge is 0.512 e. The fourth-order valence-electron chi connectivity index (χ4n) is 6.69. The van der Waals surface area contributed by atoms with Crippen molar-refractivity contribution in [2.24, 2.45) is 11.8 Å². The van der Waals surface area contributed by atoms with Gasteiger partial charge in [-0.05, 0) is 77.8 Å².